The van der Waals surface area contributed by atoms with Crippen LogP contribution in [-0.4, -0.2) is 0 Å². The standard InChI is InChI=1S/C116H76N2OS3/c1-113(2)89-40-13-5-28-75(89)81-60-55-70(65-97(81)113)118(73-58-63-108-100(68-73)116(95-46-19-24-52-106(95)121-108)92-43-16-8-31-78(92)79-32-9-17-44-93(79)116)102-48-21-11-34-84(102)86-38-27-53-109-111(86)88-39-25-36-74(112(88)122-109)69-54-59-80-82-61-56-71(66-98(82)114(3,4)96(80)64-69)117(101-47-20-10-33-83(101)85-37-26-50-104-110(85)87-35-12-22-49-103(87)119-104)72-57-62-107-99(67-72)115(94-45-18-23-51-105(94)120-107)90-41-14-6-29-76(90)77-30-7-15-42-91(77)115/h5-68H,1-4H3. The molecule has 0 fully saturated rings. The van der Waals surface area contributed by atoms with E-state index in [-0.39, 0.29) is 5.41 Å². The molecule has 26 rings (SSSR count). The zero-order chi connectivity index (χ0) is 80.6. The van der Waals surface area contributed by atoms with Gasteiger partial charge in [0.05, 0.1) is 22.2 Å². The summed E-state index contributed by atoms with van der Waals surface area (Å²) in [6, 6.07) is 148. The summed E-state index contributed by atoms with van der Waals surface area (Å²) in [6.45, 7) is 9.70. The van der Waals surface area contributed by atoms with Gasteiger partial charge in [-0.05, 0) is 243 Å². The molecule has 4 heterocycles. The smallest absolute Gasteiger partial charge is 0.136 e. The van der Waals surface area contributed by atoms with Gasteiger partial charge in [-0.2, -0.15) is 0 Å². The Morgan fingerprint density at radius 2 is 0.574 bits per heavy atom. The van der Waals surface area contributed by atoms with Gasteiger partial charge in [-0.15, -0.1) is 11.3 Å². The second kappa shape index (κ2) is 25.9. The molecule has 6 heteroatoms. The summed E-state index contributed by atoms with van der Waals surface area (Å²) in [5.74, 6) is 0. The normalized spacial score (nSPS) is 14.8. The van der Waals surface area contributed by atoms with Gasteiger partial charge in [0, 0.05) is 95.2 Å². The van der Waals surface area contributed by atoms with Crippen LogP contribution in [0.4, 0.5) is 34.1 Å². The Hall–Kier alpha value is -13.7. The van der Waals surface area contributed by atoms with Crippen molar-refractivity contribution >= 4 is 111 Å². The SMILES string of the molecule is CC1(C)c2cc(-c3cccc4c3sc3cccc(-c5ccccc5N(c5ccc6c(c5)C(C)(C)c5ccccc5-6)c5ccc6c(c5)C5(c7ccccc7S6)c6ccccc6-c6ccccc65)c34)ccc2-c2ccc(N(c3ccc4c(c3)C3(c5ccccc5S4)c4ccccc4-c4ccccc43)c3ccccc3-c3cccc4oc5ccccc5c34)cc21. The van der Waals surface area contributed by atoms with Gasteiger partial charge in [-0.1, -0.05) is 330 Å². The molecule has 0 radical (unpaired) electrons. The van der Waals surface area contributed by atoms with E-state index in [2.05, 4.69) is 426 Å². The van der Waals surface area contributed by atoms with Crippen LogP contribution in [0.3, 0.4) is 0 Å². The van der Waals surface area contributed by atoms with Gasteiger partial charge in [0.2, 0.25) is 0 Å². The zero-order valence-corrected chi connectivity index (χ0v) is 69.9. The summed E-state index contributed by atoms with van der Waals surface area (Å²) in [7, 11) is 0. The number of hydrogen-bond donors (Lipinski definition) is 0. The Bertz CT molecular complexity index is 7870. The first-order chi connectivity index (χ1) is 60.0. The summed E-state index contributed by atoms with van der Waals surface area (Å²) in [4.78, 5) is 10.3. The molecule has 0 bridgehead atoms. The van der Waals surface area contributed by atoms with Crippen molar-refractivity contribution in [2.75, 3.05) is 9.80 Å². The summed E-state index contributed by atoms with van der Waals surface area (Å²) in [5, 5.41) is 4.73. The molecule has 0 N–H and O–H groups in total. The highest BCUT2D eigenvalue weighted by atomic mass is 32.2. The second-order valence-electron chi connectivity index (χ2n) is 34.7. The number of benzene rings is 18. The minimum Gasteiger partial charge on any atom is -0.456 e. The van der Waals surface area contributed by atoms with Crippen molar-refractivity contribution in [2.45, 2.75) is 68.9 Å². The Morgan fingerprint density at radius 3 is 1.11 bits per heavy atom. The number of nitrogens with zero attached hydrogens (tertiary/aromatic N) is 2. The van der Waals surface area contributed by atoms with E-state index in [9.17, 15) is 0 Å². The molecule has 2 aliphatic heterocycles. The van der Waals surface area contributed by atoms with E-state index < -0.39 is 16.2 Å². The fraction of sp³-hybridized carbons (Fsp3) is 0.0690. The fourth-order valence-electron chi connectivity index (χ4n) is 22.8. The molecular formula is C116H76N2OS3. The second-order valence-corrected chi connectivity index (χ2v) is 37.9. The van der Waals surface area contributed by atoms with E-state index in [0.717, 1.165) is 67.2 Å². The molecule has 6 aliphatic rings. The number of hydrogen-bond acceptors (Lipinski definition) is 6. The first kappa shape index (κ1) is 70.2. The number of thiophene rings is 1. The van der Waals surface area contributed by atoms with Gasteiger partial charge in [0.15, 0.2) is 0 Å². The number of rotatable bonds is 9. The van der Waals surface area contributed by atoms with Crippen molar-refractivity contribution in [3.8, 4) is 77.9 Å². The lowest BCUT2D eigenvalue weighted by atomic mass is 9.67. The van der Waals surface area contributed by atoms with E-state index in [0.29, 0.717) is 0 Å². The highest BCUT2D eigenvalue weighted by Gasteiger charge is 2.53. The Balaban J connectivity index is 0.617. The third-order valence-electron chi connectivity index (χ3n) is 28.0. The number of anilines is 6. The van der Waals surface area contributed by atoms with Crippen LogP contribution in [0.25, 0.3) is 120 Å². The van der Waals surface area contributed by atoms with Gasteiger partial charge in [-0.25, -0.2) is 0 Å². The van der Waals surface area contributed by atoms with E-state index in [1.54, 1.807) is 0 Å². The highest BCUT2D eigenvalue weighted by Crippen LogP contribution is 2.67. The topological polar surface area (TPSA) is 19.6 Å². The average Bonchev–Trinajstić information content (AvgIpc) is 1.46. The predicted molar refractivity (Wildman–Crippen MR) is 510 cm³/mol. The molecule has 2 aromatic heterocycles. The lowest BCUT2D eigenvalue weighted by Crippen LogP contribution is -2.32. The van der Waals surface area contributed by atoms with Crippen molar-refractivity contribution in [2.24, 2.45) is 0 Å². The van der Waals surface area contributed by atoms with Crippen molar-refractivity contribution in [3.05, 3.63) is 455 Å². The summed E-state index contributed by atoms with van der Waals surface area (Å²) < 4.78 is 9.20. The van der Waals surface area contributed by atoms with Crippen LogP contribution < -0.4 is 9.80 Å². The summed E-state index contributed by atoms with van der Waals surface area (Å²) in [6.07, 6.45) is 0. The molecule has 18 aromatic carbocycles. The molecule has 0 saturated carbocycles. The Labute approximate surface area is 721 Å². The molecule has 0 unspecified atom stereocenters. The predicted octanol–water partition coefficient (Wildman–Crippen LogP) is 32.2. The molecule has 0 saturated heterocycles. The fourth-order valence-corrected chi connectivity index (χ4v) is 26.4. The first-order valence-corrected chi connectivity index (χ1v) is 44.9. The zero-order valence-electron chi connectivity index (χ0n) is 67.5. The summed E-state index contributed by atoms with van der Waals surface area (Å²) in [5.41, 5.74) is 39.8. The monoisotopic (exact) mass is 1610 g/mol. The van der Waals surface area contributed by atoms with Gasteiger partial charge in [0.25, 0.3) is 0 Å². The van der Waals surface area contributed by atoms with Crippen LogP contribution >= 0.6 is 34.9 Å². The maximum atomic E-state index is 6.67. The molecule has 122 heavy (non-hydrogen) atoms. The quantitative estimate of drug-likeness (QED) is 0.143. The van der Waals surface area contributed by atoms with E-state index >= 15 is 0 Å². The van der Waals surface area contributed by atoms with Crippen LogP contribution in [0.2, 0.25) is 0 Å². The lowest BCUT2D eigenvalue weighted by Gasteiger charge is -2.40. The van der Waals surface area contributed by atoms with Gasteiger partial charge >= 0.3 is 0 Å². The molecule has 20 aromatic rings. The Morgan fingerprint density at radius 1 is 0.230 bits per heavy atom. The van der Waals surface area contributed by atoms with Crippen molar-refractivity contribution < 1.29 is 4.42 Å². The van der Waals surface area contributed by atoms with E-state index in [4.69, 9.17) is 4.42 Å². The molecule has 4 aliphatic carbocycles. The van der Waals surface area contributed by atoms with E-state index in [1.165, 1.54) is 173 Å². The minimum absolute atomic E-state index is 0.226. The van der Waals surface area contributed by atoms with Crippen molar-refractivity contribution in [1.29, 1.82) is 0 Å². The van der Waals surface area contributed by atoms with Crippen LogP contribution in [0, 0.1) is 0 Å². The maximum Gasteiger partial charge on any atom is 0.136 e. The van der Waals surface area contributed by atoms with Crippen LogP contribution in [-0.2, 0) is 21.7 Å². The summed E-state index contributed by atoms with van der Waals surface area (Å²) >= 11 is 5.70. The third kappa shape index (κ3) is 9.55. The largest absolute Gasteiger partial charge is 0.456 e. The van der Waals surface area contributed by atoms with Gasteiger partial charge in [-0.3, -0.25) is 0 Å². The minimum atomic E-state index is -0.571. The average molecular weight is 1610 g/mol. The first-order valence-electron chi connectivity index (χ1n) is 42.4. The molecule has 3 nitrogen and oxygen atoms in total. The molecule has 2 spiro atoms. The molecular weight excluding hydrogens is 1530 g/mol. The van der Waals surface area contributed by atoms with Crippen LogP contribution in [0.5, 0.6) is 0 Å². The highest BCUT2D eigenvalue weighted by molar-refractivity contribution is 7.99. The lowest BCUT2D eigenvalue weighted by molar-refractivity contribution is 0.660. The van der Waals surface area contributed by atoms with Gasteiger partial charge < -0.3 is 14.2 Å². The van der Waals surface area contributed by atoms with E-state index in [1.807, 2.05) is 34.9 Å². The van der Waals surface area contributed by atoms with Crippen LogP contribution in [0.1, 0.15) is 94.5 Å². The maximum absolute atomic E-state index is 6.67. The molecule has 574 valence electrons. The van der Waals surface area contributed by atoms with Crippen molar-refractivity contribution in [3.63, 3.8) is 0 Å². The molecule has 0 amide bonds. The van der Waals surface area contributed by atoms with Crippen molar-refractivity contribution in [1.82, 2.24) is 0 Å². The number of para-hydroxylation sites is 3. The number of fused-ring (bicyclic) bond motifs is 30. The number of furan rings is 1. The van der Waals surface area contributed by atoms with Gasteiger partial charge in [0.1, 0.15) is 11.2 Å². The Kier molecular flexibility index (Phi) is 14.9. The third-order valence-corrected chi connectivity index (χ3v) is 31.5. The van der Waals surface area contributed by atoms with Crippen LogP contribution in [0.15, 0.2) is 412 Å². The molecule has 0 atom stereocenters.